The summed E-state index contributed by atoms with van der Waals surface area (Å²) in [6, 6.07) is 0. The van der Waals surface area contributed by atoms with Crippen LogP contribution in [-0.2, 0) is 14.3 Å². The number of ether oxygens (including phenoxy) is 2. The lowest BCUT2D eigenvalue weighted by Gasteiger charge is -2.42. The van der Waals surface area contributed by atoms with Crippen molar-refractivity contribution in [3.05, 3.63) is 12.2 Å². The van der Waals surface area contributed by atoms with Crippen molar-refractivity contribution in [2.75, 3.05) is 6.79 Å². The Labute approximate surface area is 110 Å². The van der Waals surface area contributed by atoms with Crippen LogP contribution in [0.1, 0.15) is 47.0 Å². The van der Waals surface area contributed by atoms with E-state index in [-0.39, 0.29) is 29.7 Å². The molecular formula is C15H24O3. The number of fused-ring (bicyclic) bond motifs is 2. The maximum Gasteiger partial charge on any atom is 0.335 e. The molecule has 0 amide bonds. The van der Waals surface area contributed by atoms with Gasteiger partial charge in [-0.15, -0.1) is 0 Å². The first-order valence-corrected chi connectivity index (χ1v) is 6.71. The van der Waals surface area contributed by atoms with Crippen molar-refractivity contribution >= 4 is 5.97 Å². The predicted octanol–water partition coefficient (Wildman–Crippen LogP) is 3.29. The number of esters is 1. The van der Waals surface area contributed by atoms with E-state index in [4.69, 9.17) is 9.47 Å². The van der Waals surface area contributed by atoms with Crippen molar-refractivity contribution in [1.29, 1.82) is 0 Å². The Hall–Kier alpha value is -0.830. The number of hydrogen-bond donors (Lipinski definition) is 0. The molecule has 2 rings (SSSR count). The molecule has 0 aliphatic heterocycles. The summed E-state index contributed by atoms with van der Waals surface area (Å²) in [5.41, 5.74) is 0.851. The summed E-state index contributed by atoms with van der Waals surface area (Å²) in [4.78, 5) is 11.3. The van der Waals surface area contributed by atoms with Crippen LogP contribution in [0.5, 0.6) is 0 Å². The van der Waals surface area contributed by atoms with Crippen LogP contribution < -0.4 is 0 Å². The summed E-state index contributed by atoms with van der Waals surface area (Å²) in [5.74, 6) is 0.366. The molecule has 102 valence electrons. The third-order valence-corrected chi connectivity index (χ3v) is 4.91. The van der Waals surface area contributed by atoms with E-state index in [0.717, 1.165) is 5.92 Å². The number of rotatable bonds is 4. The monoisotopic (exact) mass is 252 g/mol. The average molecular weight is 252 g/mol. The van der Waals surface area contributed by atoms with Gasteiger partial charge in [-0.05, 0) is 42.9 Å². The summed E-state index contributed by atoms with van der Waals surface area (Å²) in [5, 5.41) is 0. The van der Waals surface area contributed by atoms with Gasteiger partial charge in [-0.25, -0.2) is 4.79 Å². The molecule has 0 aromatic rings. The molecule has 0 spiro atoms. The molecule has 3 heteroatoms. The fourth-order valence-electron chi connectivity index (χ4n) is 3.95. The maximum atomic E-state index is 11.3. The fourth-order valence-corrected chi connectivity index (χ4v) is 3.95. The normalized spacial score (nSPS) is 36.7. The minimum Gasteiger partial charge on any atom is -0.435 e. The Balaban J connectivity index is 1.93. The van der Waals surface area contributed by atoms with Gasteiger partial charge in [0.2, 0.25) is 0 Å². The van der Waals surface area contributed by atoms with Crippen LogP contribution in [0.15, 0.2) is 12.2 Å². The Kier molecular flexibility index (Phi) is 3.30. The molecule has 3 nitrogen and oxygen atoms in total. The van der Waals surface area contributed by atoms with Gasteiger partial charge in [0, 0.05) is 5.57 Å². The molecule has 3 atom stereocenters. The van der Waals surface area contributed by atoms with Gasteiger partial charge < -0.3 is 9.47 Å². The zero-order valence-electron chi connectivity index (χ0n) is 11.9. The third-order valence-electron chi connectivity index (χ3n) is 4.91. The first kappa shape index (κ1) is 13.6. The second kappa shape index (κ2) is 4.37. The second-order valence-electron chi connectivity index (χ2n) is 6.79. The maximum absolute atomic E-state index is 11.3. The number of hydrogen-bond acceptors (Lipinski definition) is 3. The Morgan fingerprint density at radius 1 is 1.39 bits per heavy atom. The van der Waals surface area contributed by atoms with Gasteiger partial charge in [0.15, 0.2) is 6.79 Å². The smallest absolute Gasteiger partial charge is 0.335 e. The van der Waals surface area contributed by atoms with Crippen LogP contribution in [0.3, 0.4) is 0 Å². The number of carbonyl (C=O) groups excluding carboxylic acids is 1. The molecule has 2 bridgehead atoms. The largest absolute Gasteiger partial charge is 0.435 e. The summed E-state index contributed by atoms with van der Waals surface area (Å²) in [6.07, 6.45) is 3.94. The molecule has 0 saturated heterocycles. The number of carbonyl (C=O) groups is 1. The Bertz CT molecular complexity index is 367. The van der Waals surface area contributed by atoms with E-state index in [1.165, 1.54) is 19.3 Å². The first-order valence-electron chi connectivity index (χ1n) is 6.71. The molecular weight excluding hydrogens is 228 g/mol. The minimum absolute atomic E-state index is 0.0437. The fraction of sp³-hybridized carbons (Fsp3) is 0.800. The van der Waals surface area contributed by atoms with Crippen LogP contribution >= 0.6 is 0 Å². The van der Waals surface area contributed by atoms with Gasteiger partial charge in [-0.3, -0.25) is 0 Å². The first-order chi connectivity index (χ1) is 8.27. The zero-order valence-corrected chi connectivity index (χ0v) is 11.9. The molecule has 2 aliphatic rings. The molecule has 0 aromatic carbocycles. The molecule has 18 heavy (non-hydrogen) atoms. The van der Waals surface area contributed by atoms with Crippen molar-refractivity contribution in [1.82, 2.24) is 0 Å². The molecule has 0 N–H and O–H groups in total. The minimum atomic E-state index is -0.374. The molecule has 2 aliphatic carbocycles. The van der Waals surface area contributed by atoms with Gasteiger partial charge in [-0.2, -0.15) is 0 Å². The van der Waals surface area contributed by atoms with E-state index >= 15 is 0 Å². The van der Waals surface area contributed by atoms with E-state index in [1.54, 1.807) is 6.92 Å². The van der Waals surface area contributed by atoms with Crippen LogP contribution in [0.25, 0.3) is 0 Å². The molecule has 0 aromatic heterocycles. The van der Waals surface area contributed by atoms with Gasteiger partial charge in [-0.1, -0.05) is 27.4 Å². The van der Waals surface area contributed by atoms with Crippen molar-refractivity contribution in [2.24, 2.45) is 16.7 Å². The Morgan fingerprint density at radius 3 is 2.56 bits per heavy atom. The highest BCUT2D eigenvalue weighted by molar-refractivity contribution is 5.86. The van der Waals surface area contributed by atoms with E-state index in [2.05, 4.69) is 27.4 Å². The van der Waals surface area contributed by atoms with E-state index < -0.39 is 0 Å². The second-order valence-corrected chi connectivity index (χ2v) is 6.79. The van der Waals surface area contributed by atoms with Crippen LogP contribution in [-0.4, -0.2) is 18.9 Å². The average Bonchev–Trinajstić information content (AvgIpc) is 2.73. The van der Waals surface area contributed by atoms with Crippen molar-refractivity contribution in [3.63, 3.8) is 0 Å². The van der Waals surface area contributed by atoms with Crippen molar-refractivity contribution < 1.29 is 14.3 Å². The summed E-state index contributed by atoms with van der Waals surface area (Å²) in [7, 11) is 0. The quantitative estimate of drug-likeness (QED) is 0.437. The molecule has 3 unspecified atom stereocenters. The lowest BCUT2D eigenvalue weighted by atomic mass is 9.70. The van der Waals surface area contributed by atoms with E-state index in [1.807, 2.05) is 0 Å². The highest BCUT2D eigenvalue weighted by Gasteiger charge is 2.60. The molecule has 0 heterocycles. The summed E-state index contributed by atoms with van der Waals surface area (Å²) >= 11 is 0. The third kappa shape index (κ3) is 2.09. The van der Waals surface area contributed by atoms with Crippen LogP contribution in [0.4, 0.5) is 0 Å². The predicted molar refractivity (Wildman–Crippen MR) is 69.9 cm³/mol. The van der Waals surface area contributed by atoms with Gasteiger partial charge in [0.05, 0.1) is 6.10 Å². The lowest BCUT2D eigenvalue weighted by Crippen LogP contribution is -2.42. The standard InChI is InChI=1S/C15H24O3/c1-10(2)12(16)17-9-18-13-14(3,4)11-6-7-15(13,5)8-11/h11,13H,1,6-9H2,2-5H3. The van der Waals surface area contributed by atoms with Crippen molar-refractivity contribution in [3.8, 4) is 0 Å². The molecule has 2 saturated carbocycles. The van der Waals surface area contributed by atoms with E-state index in [9.17, 15) is 4.79 Å². The summed E-state index contributed by atoms with van der Waals surface area (Å²) < 4.78 is 10.9. The molecule has 2 fully saturated rings. The Morgan fingerprint density at radius 2 is 2.06 bits per heavy atom. The van der Waals surface area contributed by atoms with Gasteiger partial charge in [0.1, 0.15) is 0 Å². The van der Waals surface area contributed by atoms with Crippen molar-refractivity contribution in [2.45, 2.75) is 53.1 Å². The van der Waals surface area contributed by atoms with Crippen LogP contribution in [0.2, 0.25) is 0 Å². The lowest BCUT2D eigenvalue weighted by molar-refractivity contribution is -0.175. The molecule has 0 radical (unpaired) electrons. The van der Waals surface area contributed by atoms with Gasteiger partial charge in [0.25, 0.3) is 0 Å². The highest BCUT2D eigenvalue weighted by atomic mass is 16.7. The topological polar surface area (TPSA) is 35.5 Å². The summed E-state index contributed by atoms with van der Waals surface area (Å²) in [6.45, 7) is 12.1. The zero-order chi connectivity index (χ0) is 13.6. The van der Waals surface area contributed by atoms with Gasteiger partial charge >= 0.3 is 5.97 Å². The SMILES string of the molecule is C=C(C)C(=O)OCOC1C2(C)CCC(C2)C1(C)C. The van der Waals surface area contributed by atoms with E-state index in [0.29, 0.717) is 5.57 Å². The highest BCUT2D eigenvalue weighted by Crippen LogP contribution is 2.63. The van der Waals surface area contributed by atoms with Crippen LogP contribution in [0, 0.1) is 16.7 Å².